The van der Waals surface area contributed by atoms with Crippen LogP contribution in [-0.4, -0.2) is 0 Å². The molecule has 0 aliphatic carbocycles. The molecule has 1 unspecified atom stereocenters. The molecule has 2 heterocycles. The van der Waals surface area contributed by atoms with Crippen molar-refractivity contribution in [3.05, 3.63) is 66.7 Å². The van der Waals surface area contributed by atoms with E-state index in [2.05, 4.69) is 66.7 Å². The van der Waals surface area contributed by atoms with Crippen molar-refractivity contribution >= 4 is 33.5 Å². The summed E-state index contributed by atoms with van der Waals surface area (Å²) in [5.74, 6) is 0. The van der Waals surface area contributed by atoms with Gasteiger partial charge in [0.15, 0.2) is 0 Å². The second-order valence-corrected chi connectivity index (χ2v) is 6.51. The Balaban J connectivity index is 2.38. The van der Waals surface area contributed by atoms with E-state index in [1.807, 2.05) is 0 Å². The van der Waals surface area contributed by atoms with E-state index in [1.54, 1.807) is 0 Å². The zero-order chi connectivity index (χ0) is 11.2. The third-order valence-corrected chi connectivity index (χ3v) is 5.92. The molecular formula is C16H11P. The molecule has 0 spiro atoms. The molecule has 4 rings (SSSR count). The Hall–Kier alpha value is -1.78. The first kappa shape index (κ1) is 9.27. The molecule has 17 heavy (non-hydrogen) atoms. The van der Waals surface area contributed by atoms with E-state index in [1.165, 1.54) is 26.1 Å². The number of benzene rings is 2. The number of hydrogen-bond donors (Lipinski definition) is 0. The zero-order valence-corrected chi connectivity index (χ0v) is 10.2. The first-order chi connectivity index (χ1) is 8.43. The third kappa shape index (κ3) is 1.25. The fraction of sp³-hybridized carbons (Fsp3) is 0. The molecule has 0 saturated carbocycles. The number of fused-ring (bicyclic) bond motifs is 5. The van der Waals surface area contributed by atoms with E-state index in [-0.39, 0.29) is 7.34 Å². The molecule has 0 aliphatic rings. The summed E-state index contributed by atoms with van der Waals surface area (Å²) in [4.78, 5) is 0. The van der Waals surface area contributed by atoms with Gasteiger partial charge in [0.2, 0.25) is 0 Å². The topological polar surface area (TPSA) is 0 Å². The van der Waals surface area contributed by atoms with Crippen LogP contribution in [0.4, 0.5) is 0 Å². The Morgan fingerprint density at radius 2 is 1.24 bits per heavy atom. The predicted octanol–water partition coefficient (Wildman–Crippen LogP) is 5.43. The Bertz CT molecular complexity index is 834. The van der Waals surface area contributed by atoms with Crippen molar-refractivity contribution in [1.82, 2.24) is 0 Å². The molecule has 0 saturated heterocycles. The summed E-state index contributed by atoms with van der Waals surface area (Å²) in [6.07, 6.45) is 0. The summed E-state index contributed by atoms with van der Waals surface area (Å²) in [6, 6.07) is 24.4. The van der Waals surface area contributed by atoms with Gasteiger partial charge in [0.05, 0.1) is 0 Å². The minimum absolute atomic E-state index is 0.277. The highest BCUT2D eigenvalue weighted by Crippen LogP contribution is 2.47. The van der Waals surface area contributed by atoms with Crippen LogP contribution >= 0.6 is 7.34 Å². The van der Waals surface area contributed by atoms with Crippen LogP contribution in [-0.2, 0) is 0 Å². The van der Waals surface area contributed by atoms with Gasteiger partial charge >= 0.3 is 0 Å². The lowest BCUT2D eigenvalue weighted by atomic mass is 10.2. The van der Waals surface area contributed by atoms with Gasteiger partial charge in [-0.3, -0.25) is 0 Å². The smallest absolute Gasteiger partial charge is 0.00622 e. The van der Waals surface area contributed by atoms with Gasteiger partial charge in [-0.05, 0) is 28.0 Å². The average molecular weight is 234 g/mol. The Morgan fingerprint density at radius 1 is 0.588 bits per heavy atom. The highest BCUT2D eigenvalue weighted by Gasteiger charge is 2.05. The minimum Gasteiger partial charge on any atom is -0.0772 e. The average Bonchev–Trinajstić information content (AvgIpc) is 2.77. The monoisotopic (exact) mass is 234 g/mol. The number of hydrogen-bond acceptors (Lipinski definition) is 0. The molecule has 0 bridgehead atoms. The lowest BCUT2D eigenvalue weighted by Gasteiger charge is -2.00. The Kier molecular flexibility index (Phi) is 1.83. The maximum absolute atomic E-state index is 2.34. The van der Waals surface area contributed by atoms with Gasteiger partial charge < -0.3 is 0 Å². The van der Waals surface area contributed by atoms with Gasteiger partial charge in [0.25, 0.3) is 0 Å². The lowest BCUT2D eigenvalue weighted by molar-refractivity contribution is 1.84. The maximum atomic E-state index is 2.34. The van der Waals surface area contributed by atoms with Gasteiger partial charge in [0, 0.05) is 10.2 Å². The zero-order valence-electron chi connectivity index (χ0n) is 9.30. The molecule has 1 heteroatoms. The van der Waals surface area contributed by atoms with Gasteiger partial charge in [-0.1, -0.05) is 61.9 Å². The van der Waals surface area contributed by atoms with Crippen LogP contribution in [0.25, 0.3) is 26.1 Å². The Morgan fingerprint density at radius 3 is 2.06 bits per heavy atom. The standard InChI is InChI=1S/C16H11P/c1-3-7-15-12(5-1)9-10-14-11-13-6-2-4-8-16(13)17(14)15/h1-11H. The first-order valence-electron chi connectivity index (χ1n) is 5.81. The number of rotatable bonds is 0. The molecule has 0 fully saturated rings. The largest absolute Gasteiger partial charge is 0.0772 e. The van der Waals surface area contributed by atoms with Crippen LogP contribution in [0.3, 0.4) is 0 Å². The molecule has 0 nitrogen and oxygen atoms in total. The maximum Gasteiger partial charge on any atom is 0.00622 e. The van der Waals surface area contributed by atoms with Crippen LogP contribution in [0.5, 0.6) is 0 Å². The molecule has 2 aromatic carbocycles. The fourth-order valence-electron chi connectivity index (χ4n) is 2.57. The molecule has 1 atom stereocenters. The molecular weight excluding hydrogens is 223 g/mol. The quantitative estimate of drug-likeness (QED) is 0.380. The van der Waals surface area contributed by atoms with E-state index in [0.29, 0.717) is 0 Å². The third-order valence-electron chi connectivity index (χ3n) is 3.35. The van der Waals surface area contributed by atoms with Crippen LogP contribution < -0.4 is 0 Å². The van der Waals surface area contributed by atoms with Crippen molar-refractivity contribution in [1.29, 1.82) is 0 Å². The minimum atomic E-state index is -0.277. The van der Waals surface area contributed by atoms with Crippen molar-refractivity contribution in [3.63, 3.8) is 0 Å². The van der Waals surface area contributed by atoms with Crippen LogP contribution in [0.15, 0.2) is 66.7 Å². The van der Waals surface area contributed by atoms with Gasteiger partial charge in [-0.25, -0.2) is 0 Å². The summed E-state index contributed by atoms with van der Waals surface area (Å²) in [5, 5.41) is 7.28. The van der Waals surface area contributed by atoms with Crippen LogP contribution in [0.1, 0.15) is 0 Å². The van der Waals surface area contributed by atoms with E-state index >= 15 is 0 Å². The lowest BCUT2D eigenvalue weighted by Crippen LogP contribution is -1.66. The first-order valence-corrected chi connectivity index (χ1v) is 7.16. The molecule has 80 valence electrons. The van der Waals surface area contributed by atoms with Crippen molar-refractivity contribution in [2.24, 2.45) is 0 Å². The van der Waals surface area contributed by atoms with Gasteiger partial charge in [-0.2, -0.15) is 0 Å². The van der Waals surface area contributed by atoms with Gasteiger partial charge in [-0.15, -0.1) is 0 Å². The SMILES string of the molecule is c1ccc2c(c1)ccc1cc3ccccc3p12. The molecule has 0 N–H and O–H groups in total. The molecule has 0 radical (unpaired) electrons. The summed E-state index contributed by atoms with van der Waals surface area (Å²) >= 11 is 0. The summed E-state index contributed by atoms with van der Waals surface area (Å²) in [6.45, 7) is 0. The summed E-state index contributed by atoms with van der Waals surface area (Å²) in [7, 11) is -0.277. The van der Waals surface area contributed by atoms with E-state index in [9.17, 15) is 0 Å². The highest BCUT2D eigenvalue weighted by atomic mass is 31.1. The molecule has 2 aromatic heterocycles. The molecule has 0 amide bonds. The second kappa shape index (κ2) is 3.35. The van der Waals surface area contributed by atoms with Crippen molar-refractivity contribution < 1.29 is 0 Å². The molecule has 0 aliphatic heterocycles. The Labute approximate surface area is 101 Å². The van der Waals surface area contributed by atoms with Crippen LogP contribution in [0.2, 0.25) is 0 Å². The normalized spacial score (nSPS) is 12.6. The van der Waals surface area contributed by atoms with E-state index in [0.717, 1.165) is 0 Å². The summed E-state index contributed by atoms with van der Waals surface area (Å²) < 4.78 is 0. The van der Waals surface area contributed by atoms with E-state index < -0.39 is 0 Å². The van der Waals surface area contributed by atoms with Crippen molar-refractivity contribution in [3.8, 4) is 0 Å². The molecule has 4 aromatic rings. The predicted molar refractivity (Wildman–Crippen MR) is 77.1 cm³/mol. The van der Waals surface area contributed by atoms with Crippen molar-refractivity contribution in [2.75, 3.05) is 0 Å². The van der Waals surface area contributed by atoms with E-state index in [4.69, 9.17) is 0 Å². The van der Waals surface area contributed by atoms with Crippen LogP contribution in [0, 0.1) is 0 Å². The fourth-order valence-corrected chi connectivity index (χ4v) is 5.16. The summed E-state index contributed by atoms with van der Waals surface area (Å²) in [5.41, 5.74) is 0. The van der Waals surface area contributed by atoms with Gasteiger partial charge in [0.1, 0.15) is 0 Å². The second-order valence-electron chi connectivity index (χ2n) is 4.36. The highest BCUT2D eigenvalue weighted by molar-refractivity contribution is 7.62. The van der Waals surface area contributed by atoms with Crippen molar-refractivity contribution in [2.45, 2.75) is 0 Å².